The fourth-order valence-electron chi connectivity index (χ4n) is 3.71. The van der Waals surface area contributed by atoms with Crippen molar-refractivity contribution >= 4 is 21.6 Å². The third-order valence-corrected chi connectivity index (χ3v) is 7.33. The number of carbonyl (C=O) groups excluding carboxylic acids is 1. The molecule has 3 aromatic carbocycles. The number of sulfonamides is 1. The van der Waals surface area contributed by atoms with E-state index in [1.165, 1.54) is 4.31 Å². The lowest BCUT2D eigenvalue weighted by Gasteiger charge is -2.35. The molecule has 0 aliphatic carbocycles. The highest BCUT2D eigenvalue weighted by molar-refractivity contribution is 7.92. The summed E-state index contributed by atoms with van der Waals surface area (Å²) >= 11 is 0. The minimum absolute atomic E-state index is 0.135. The van der Waals surface area contributed by atoms with Crippen molar-refractivity contribution in [3.05, 3.63) is 83.4 Å². The Morgan fingerprint density at radius 1 is 1.06 bits per heavy atom. The number of amides is 1. The van der Waals surface area contributed by atoms with Gasteiger partial charge < -0.3 is 14.8 Å². The molecule has 33 heavy (non-hydrogen) atoms. The Kier molecular flexibility index (Phi) is 6.29. The van der Waals surface area contributed by atoms with E-state index < -0.39 is 22.0 Å². The van der Waals surface area contributed by atoms with E-state index in [0.717, 1.165) is 16.7 Å². The first-order chi connectivity index (χ1) is 15.8. The predicted molar refractivity (Wildman–Crippen MR) is 126 cm³/mol. The monoisotopic (exact) mass is 466 g/mol. The zero-order valence-corrected chi connectivity index (χ0v) is 19.6. The molecule has 0 saturated heterocycles. The van der Waals surface area contributed by atoms with Crippen LogP contribution in [-0.2, 0) is 21.4 Å². The molecular weight excluding hydrogens is 440 g/mol. The van der Waals surface area contributed by atoms with Crippen LogP contribution in [0.4, 0.5) is 5.69 Å². The molecule has 0 bridgehead atoms. The van der Waals surface area contributed by atoms with Crippen molar-refractivity contribution in [1.82, 2.24) is 5.32 Å². The van der Waals surface area contributed by atoms with E-state index in [9.17, 15) is 13.2 Å². The third-order valence-electron chi connectivity index (χ3n) is 5.53. The third kappa shape index (κ3) is 4.66. The quantitative estimate of drug-likeness (QED) is 0.600. The van der Waals surface area contributed by atoms with E-state index in [0.29, 0.717) is 17.2 Å². The van der Waals surface area contributed by atoms with Crippen LogP contribution >= 0.6 is 0 Å². The topological polar surface area (TPSA) is 84.9 Å². The first-order valence-electron chi connectivity index (χ1n) is 10.6. The standard InChI is InChI=1S/C25H26N2O5S/c1-17-8-11-20(12-9-17)33(29,30)27-16-24(32-23-14-18(2)10-13-21(23)27)25(28)26-15-19-6-4-5-7-22(19)31-3/h4-14,24H,15-16H2,1-3H3,(H,26,28)/t24-/m0/s1. The van der Waals surface area contributed by atoms with Gasteiger partial charge in [0.2, 0.25) is 0 Å². The maximum Gasteiger partial charge on any atom is 0.264 e. The van der Waals surface area contributed by atoms with Crippen LogP contribution < -0.4 is 19.1 Å². The molecule has 1 aliphatic heterocycles. The number of fused-ring (bicyclic) bond motifs is 1. The number of hydrogen-bond acceptors (Lipinski definition) is 5. The minimum Gasteiger partial charge on any atom is -0.496 e. The number of nitrogens with zero attached hydrogens (tertiary/aromatic N) is 1. The highest BCUT2D eigenvalue weighted by Gasteiger charge is 2.37. The summed E-state index contributed by atoms with van der Waals surface area (Å²) in [6.07, 6.45) is -1.01. The van der Waals surface area contributed by atoms with Gasteiger partial charge in [0, 0.05) is 12.1 Å². The van der Waals surface area contributed by atoms with Crippen LogP contribution in [0.3, 0.4) is 0 Å². The molecule has 0 aromatic heterocycles. The first kappa shape index (κ1) is 22.7. The van der Waals surface area contributed by atoms with Crippen molar-refractivity contribution in [2.45, 2.75) is 31.4 Å². The molecule has 1 heterocycles. The van der Waals surface area contributed by atoms with Crippen LogP contribution in [-0.4, -0.2) is 34.1 Å². The summed E-state index contributed by atoms with van der Waals surface area (Å²) in [5.41, 5.74) is 3.08. The number of anilines is 1. The number of para-hydroxylation sites is 1. The minimum atomic E-state index is -3.90. The van der Waals surface area contributed by atoms with Crippen LogP contribution in [0.2, 0.25) is 0 Å². The predicted octanol–water partition coefficient (Wildman–Crippen LogP) is 3.58. The maximum absolute atomic E-state index is 13.5. The molecule has 0 spiro atoms. The fraction of sp³-hybridized carbons (Fsp3) is 0.240. The zero-order valence-electron chi connectivity index (χ0n) is 18.7. The van der Waals surface area contributed by atoms with Crippen molar-refractivity contribution < 1.29 is 22.7 Å². The number of carbonyl (C=O) groups is 1. The van der Waals surface area contributed by atoms with E-state index in [1.54, 1.807) is 43.5 Å². The molecular formula is C25H26N2O5S. The van der Waals surface area contributed by atoms with Crippen LogP contribution in [0, 0.1) is 13.8 Å². The van der Waals surface area contributed by atoms with Crippen molar-refractivity contribution in [1.29, 1.82) is 0 Å². The Morgan fingerprint density at radius 3 is 2.48 bits per heavy atom. The van der Waals surface area contributed by atoms with Gasteiger partial charge in [0.25, 0.3) is 15.9 Å². The van der Waals surface area contributed by atoms with Crippen molar-refractivity contribution in [2.75, 3.05) is 18.0 Å². The van der Waals surface area contributed by atoms with Crippen LogP contribution in [0.1, 0.15) is 16.7 Å². The summed E-state index contributed by atoms with van der Waals surface area (Å²) in [4.78, 5) is 13.2. The Bertz CT molecular complexity index is 1270. The molecule has 1 aliphatic rings. The molecule has 1 atom stereocenters. The highest BCUT2D eigenvalue weighted by atomic mass is 32.2. The van der Waals surface area contributed by atoms with Gasteiger partial charge in [0.15, 0.2) is 6.10 Å². The van der Waals surface area contributed by atoms with Gasteiger partial charge in [-0.25, -0.2) is 8.42 Å². The molecule has 8 heteroatoms. The molecule has 7 nitrogen and oxygen atoms in total. The molecule has 3 aromatic rings. The van der Waals surface area contributed by atoms with E-state index >= 15 is 0 Å². The summed E-state index contributed by atoms with van der Waals surface area (Å²) in [6.45, 7) is 3.87. The van der Waals surface area contributed by atoms with Gasteiger partial charge in [-0.2, -0.15) is 0 Å². The summed E-state index contributed by atoms with van der Waals surface area (Å²) < 4.78 is 39.5. The molecule has 1 N–H and O–H groups in total. The van der Waals surface area contributed by atoms with Gasteiger partial charge in [0.1, 0.15) is 11.5 Å². The average molecular weight is 467 g/mol. The van der Waals surface area contributed by atoms with Gasteiger partial charge in [-0.3, -0.25) is 9.10 Å². The Labute approximate surface area is 194 Å². The number of rotatable bonds is 6. The summed E-state index contributed by atoms with van der Waals surface area (Å²) in [5, 5.41) is 2.84. The van der Waals surface area contributed by atoms with Gasteiger partial charge in [-0.15, -0.1) is 0 Å². The Morgan fingerprint density at radius 2 is 1.76 bits per heavy atom. The molecule has 0 saturated carbocycles. The number of nitrogens with one attached hydrogen (secondary N) is 1. The average Bonchev–Trinajstić information content (AvgIpc) is 2.82. The lowest BCUT2D eigenvalue weighted by molar-refractivity contribution is -0.127. The zero-order chi connectivity index (χ0) is 23.6. The van der Waals surface area contributed by atoms with Gasteiger partial charge in [0.05, 0.1) is 24.2 Å². The second-order valence-electron chi connectivity index (χ2n) is 7.96. The molecule has 172 valence electrons. The summed E-state index contributed by atoms with van der Waals surface area (Å²) in [6, 6.07) is 19.3. The van der Waals surface area contributed by atoms with Crippen molar-refractivity contribution in [3.8, 4) is 11.5 Å². The number of hydrogen-bond donors (Lipinski definition) is 1. The van der Waals surface area contributed by atoms with Crippen molar-refractivity contribution in [2.24, 2.45) is 0 Å². The maximum atomic E-state index is 13.5. The smallest absolute Gasteiger partial charge is 0.264 e. The van der Waals surface area contributed by atoms with Crippen LogP contribution in [0.15, 0.2) is 71.6 Å². The van der Waals surface area contributed by atoms with E-state index in [-0.39, 0.29) is 18.0 Å². The Hall–Kier alpha value is -3.52. The molecule has 4 rings (SSSR count). The second kappa shape index (κ2) is 9.15. The second-order valence-corrected chi connectivity index (χ2v) is 9.82. The first-order valence-corrected chi connectivity index (χ1v) is 12.0. The lowest BCUT2D eigenvalue weighted by atomic mass is 10.1. The largest absolute Gasteiger partial charge is 0.496 e. The van der Waals surface area contributed by atoms with Gasteiger partial charge in [-0.05, 0) is 49.7 Å². The Balaban J connectivity index is 1.62. The molecule has 0 unspecified atom stereocenters. The summed E-state index contributed by atoms with van der Waals surface area (Å²) in [7, 11) is -2.33. The SMILES string of the molecule is COc1ccccc1CNC(=O)[C@@H]1CN(S(=O)(=O)c2ccc(C)cc2)c2ccc(C)cc2O1. The lowest BCUT2D eigenvalue weighted by Crippen LogP contribution is -2.50. The normalized spacial score (nSPS) is 15.4. The molecule has 0 radical (unpaired) electrons. The van der Waals surface area contributed by atoms with Gasteiger partial charge >= 0.3 is 0 Å². The number of ether oxygens (including phenoxy) is 2. The van der Waals surface area contributed by atoms with Crippen LogP contribution in [0.25, 0.3) is 0 Å². The van der Waals surface area contributed by atoms with Crippen LogP contribution in [0.5, 0.6) is 11.5 Å². The van der Waals surface area contributed by atoms with E-state index in [4.69, 9.17) is 9.47 Å². The van der Waals surface area contributed by atoms with Gasteiger partial charge in [-0.1, -0.05) is 42.0 Å². The van der Waals surface area contributed by atoms with Crippen molar-refractivity contribution in [3.63, 3.8) is 0 Å². The van der Waals surface area contributed by atoms with E-state index in [2.05, 4.69) is 5.32 Å². The summed E-state index contributed by atoms with van der Waals surface area (Å²) in [5.74, 6) is 0.610. The number of methoxy groups -OCH3 is 1. The highest BCUT2D eigenvalue weighted by Crippen LogP contribution is 2.37. The molecule has 1 amide bonds. The number of benzene rings is 3. The van der Waals surface area contributed by atoms with E-state index in [1.807, 2.05) is 44.2 Å². The fourth-order valence-corrected chi connectivity index (χ4v) is 5.18. The molecule has 0 fully saturated rings. The number of aryl methyl sites for hydroxylation is 2.